The Morgan fingerprint density at radius 2 is 1.93 bits per heavy atom. The van der Waals surface area contributed by atoms with Crippen molar-refractivity contribution in [3.63, 3.8) is 0 Å². The lowest BCUT2D eigenvalue weighted by Crippen LogP contribution is -2.20. The van der Waals surface area contributed by atoms with Crippen molar-refractivity contribution in [2.24, 2.45) is 0 Å². The standard InChI is InChI=1S/C19H12Cl2N2O5S/c20-12-3-1-10(5-13(12)21)14-8-29-19(22-14)23-17(24)7-26-18(25)11-2-4-15-16(6-11)28-9-27-15/h1-6,8H,7,9H2,(H,22,23,24). The number of ether oxygens (including phenoxy) is 3. The molecule has 0 fully saturated rings. The number of amides is 1. The third kappa shape index (κ3) is 4.45. The molecule has 0 radical (unpaired) electrons. The average Bonchev–Trinajstić information content (AvgIpc) is 3.37. The molecule has 2 heterocycles. The smallest absolute Gasteiger partial charge is 0.338 e. The SMILES string of the molecule is O=C(COC(=O)c1ccc2c(c1)OCO2)Nc1nc(-c2ccc(Cl)c(Cl)c2)cs1. The molecule has 1 N–H and O–H groups in total. The molecule has 0 aliphatic carbocycles. The lowest BCUT2D eigenvalue weighted by Gasteiger charge is -2.05. The summed E-state index contributed by atoms with van der Waals surface area (Å²) >= 11 is 13.2. The number of nitrogens with one attached hydrogen (secondary N) is 1. The fourth-order valence-corrected chi connectivity index (χ4v) is 3.55. The van der Waals surface area contributed by atoms with Gasteiger partial charge in [0.05, 0.1) is 21.3 Å². The van der Waals surface area contributed by atoms with E-state index in [0.29, 0.717) is 32.4 Å². The summed E-state index contributed by atoms with van der Waals surface area (Å²) in [6.07, 6.45) is 0. The molecule has 0 saturated carbocycles. The first kappa shape index (κ1) is 19.5. The van der Waals surface area contributed by atoms with Crippen LogP contribution in [0, 0.1) is 0 Å². The van der Waals surface area contributed by atoms with Crippen LogP contribution in [0.4, 0.5) is 5.13 Å². The van der Waals surface area contributed by atoms with Crippen molar-refractivity contribution in [3.8, 4) is 22.8 Å². The second-order valence-corrected chi connectivity index (χ2v) is 7.53. The Bertz CT molecular complexity index is 1100. The number of esters is 1. The normalized spacial score (nSPS) is 11.9. The van der Waals surface area contributed by atoms with Crippen LogP contribution in [0.15, 0.2) is 41.8 Å². The summed E-state index contributed by atoms with van der Waals surface area (Å²) in [7, 11) is 0. The van der Waals surface area contributed by atoms with E-state index in [2.05, 4.69) is 10.3 Å². The number of hydrogen-bond donors (Lipinski definition) is 1. The predicted molar refractivity (Wildman–Crippen MR) is 109 cm³/mol. The molecule has 1 aliphatic rings. The second kappa shape index (κ2) is 8.28. The van der Waals surface area contributed by atoms with Crippen molar-refractivity contribution in [1.29, 1.82) is 0 Å². The Labute approximate surface area is 179 Å². The van der Waals surface area contributed by atoms with E-state index in [1.54, 1.807) is 29.6 Å². The van der Waals surface area contributed by atoms with Crippen LogP contribution < -0.4 is 14.8 Å². The maximum Gasteiger partial charge on any atom is 0.338 e. The molecule has 0 spiro atoms. The first-order valence-electron chi connectivity index (χ1n) is 8.27. The Balaban J connectivity index is 1.33. The molecule has 10 heteroatoms. The fraction of sp³-hybridized carbons (Fsp3) is 0.105. The number of nitrogens with zero attached hydrogens (tertiary/aromatic N) is 1. The molecule has 0 unspecified atom stereocenters. The van der Waals surface area contributed by atoms with Crippen molar-refractivity contribution in [3.05, 3.63) is 57.4 Å². The van der Waals surface area contributed by atoms with Crippen LogP contribution in [-0.4, -0.2) is 30.3 Å². The van der Waals surface area contributed by atoms with E-state index in [-0.39, 0.29) is 12.4 Å². The van der Waals surface area contributed by atoms with Crippen molar-refractivity contribution >= 4 is 51.5 Å². The molecule has 1 amide bonds. The molecular formula is C19H12Cl2N2O5S. The summed E-state index contributed by atoms with van der Waals surface area (Å²) in [4.78, 5) is 28.5. The highest BCUT2D eigenvalue weighted by Crippen LogP contribution is 2.33. The van der Waals surface area contributed by atoms with Gasteiger partial charge in [0.1, 0.15) is 0 Å². The highest BCUT2D eigenvalue weighted by atomic mass is 35.5. The zero-order chi connectivity index (χ0) is 20.4. The van der Waals surface area contributed by atoms with Crippen molar-refractivity contribution in [2.75, 3.05) is 18.7 Å². The summed E-state index contributed by atoms with van der Waals surface area (Å²) in [5.41, 5.74) is 1.67. The van der Waals surface area contributed by atoms with Crippen LogP contribution in [0.25, 0.3) is 11.3 Å². The zero-order valence-electron chi connectivity index (χ0n) is 14.6. The molecule has 2 aromatic carbocycles. The minimum Gasteiger partial charge on any atom is -0.454 e. The van der Waals surface area contributed by atoms with E-state index in [1.165, 1.54) is 23.5 Å². The predicted octanol–water partition coefficient (Wildman–Crippen LogP) is 4.64. The van der Waals surface area contributed by atoms with Gasteiger partial charge in [-0.15, -0.1) is 11.3 Å². The van der Waals surface area contributed by atoms with Crippen LogP contribution in [0.1, 0.15) is 10.4 Å². The van der Waals surface area contributed by atoms with E-state index in [0.717, 1.165) is 5.56 Å². The first-order chi connectivity index (χ1) is 14.0. The fourth-order valence-electron chi connectivity index (χ4n) is 2.51. The molecular weight excluding hydrogens is 439 g/mol. The Morgan fingerprint density at radius 1 is 1.10 bits per heavy atom. The van der Waals surface area contributed by atoms with Crippen LogP contribution in [0.5, 0.6) is 11.5 Å². The highest BCUT2D eigenvalue weighted by Gasteiger charge is 2.18. The number of thiazole rings is 1. The van der Waals surface area contributed by atoms with Crippen molar-refractivity contribution < 1.29 is 23.8 Å². The largest absolute Gasteiger partial charge is 0.454 e. The number of benzene rings is 2. The summed E-state index contributed by atoms with van der Waals surface area (Å²) in [6.45, 7) is -0.344. The lowest BCUT2D eigenvalue weighted by molar-refractivity contribution is -0.119. The van der Waals surface area contributed by atoms with Gasteiger partial charge >= 0.3 is 5.97 Å². The quantitative estimate of drug-likeness (QED) is 0.569. The second-order valence-electron chi connectivity index (χ2n) is 5.86. The molecule has 0 atom stereocenters. The third-order valence-electron chi connectivity index (χ3n) is 3.91. The monoisotopic (exact) mass is 450 g/mol. The number of carbonyl (C=O) groups is 2. The van der Waals surface area contributed by atoms with Gasteiger partial charge in [0.2, 0.25) is 6.79 Å². The number of carbonyl (C=O) groups excluding carboxylic acids is 2. The molecule has 0 saturated heterocycles. The summed E-state index contributed by atoms with van der Waals surface area (Å²) < 4.78 is 15.4. The minimum atomic E-state index is -0.644. The zero-order valence-corrected chi connectivity index (χ0v) is 16.9. The molecule has 1 aromatic heterocycles. The van der Waals surface area contributed by atoms with E-state index in [1.807, 2.05) is 0 Å². The van der Waals surface area contributed by atoms with Crippen molar-refractivity contribution in [2.45, 2.75) is 0 Å². The highest BCUT2D eigenvalue weighted by molar-refractivity contribution is 7.14. The molecule has 3 aromatic rings. The molecule has 29 heavy (non-hydrogen) atoms. The summed E-state index contributed by atoms with van der Waals surface area (Å²) in [6, 6.07) is 9.80. The van der Waals surface area contributed by atoms with Crippen LogP contribution in [0.2, 0.25) is 10.0 Å². The molecule has 7 nitrogen and oxygen atoms in total. The van der Waals surface area contributed by atoms with Crippen LogP contribution in [-0.2, 0) is 9.53 Å². The first-order valence-corrected chi connectivity index (χ1v) is 9.91. The van der Waals surface area contributed by atoms with E-state index in [9.17, 15) is 9.59 Å². The number of anilines is 1. The van der Waals surface area contributed by atoms with E-state index < -0.39 is 18.5 Å². The van der Waals surface area contributed by atoms with Gasteiger partial charge in [0.25, 0.3) is 5.91 Å². The van der Waals surface area contributed by atoms with Gasteiger partial charge in [-0.25, -0.2) is 9.78 Å². The van der Waals surface area contributed by atoms with Gasteiger partial charge in [-0.05, 0) is 30.3 Å². The number of fused-ring (bicyclic) bond motifs is 1. The summed E-state index contributed by atoms with van der Waals surface area (Å²) in [5, 5.41) is 5.60. The Hall–Kier alpha value is -2.81. The van der Waals surface area contributed by atoms with Gasteiger partial charge in [-0.2, -0.15) is 0 Å². The van der Waals surface area contributed by atoms with Gasteiger partial charge in [-0.1, -0.05) is 29.3 Å². The summed E-state index contributed by atoms with van der Waals surface area (Å²) in [5.74, 6) is -0.134. The van der Waals surface area contributed by atoms with Crippen LogP contribution >= 0.6 is 34.5 Å². The number of hydrogen-bond acceptors (Lipinski definition) is 7. The van der Waals surface area contributed by atoms with Gasteiger partial charge < -0.3 is 14.2 Å². The number of rotatable bonds is 5. The topological polar surface area (TPSA) is 86.8 Å². The van der Waals surface area contributed by atoms with Gasteiger partial charge in [0.15, 0.2) is 23.2 Å². The molecule has 148 valence electrons. The number of aromatic nitrogens is 1. The van der Waals surface area contributed by atoms with E-state index in [4.69, 9.17) is 37.4 Å². The van der Waals surface area contributed by atoms with Crippen molar-refractivity contribution in [1.82, 2.24) is 4.98 Å². The minimum absolute atomic E-state index is 0.105. The van der Waals surface area contributed by atoms with E-state index >= 15 is 0 Å². The maximum absolute atomic E-state index is 12.1. The Morgan fingerprint density at radius 3 is 2.76 bits per heavy atom. The molecule has 0 bridgehead atoms. The molecule has 1 aliphatic heterocycles. The van der Waals surface area contributed by atoms with Gasteiger partial charge in [0, 0.05) is 10.9 Å². The Kier molecular flexibility index (Phi) is 5.57. The maximum atomic E-state index is 12.1. The average molecular weight is 451 g/mol. The third-order valence-corrected chi connectivity index (χ3v) is 5.41. The van der Waals surface area contributed by atoms with Gasteiger partial charge in [-0.3, -0.25) is 10.1 Å². The molecule has 4 rings (SSSR count). The van der Waals surface area contributed by atoms with Crippen LogP contribution in [0.3, 0.4) is 0 Å². The number of halogens is 2. The lowest BCUT2D eigenvalue weighted by atomic mass is 10.2.